The molecule has 1 aromatic carbocycles. The lowest BCUT2D eigenvalue weighted by Gasteiger charge is -2.30. The standard InChI is InChI=1S/C14H24ClFN4/c1-9(2)8-20(6-5-19(3)4)14-11(18)7-10(17)12(15)13(14)16/h7,9H,5-6,8,17-18H2,1-4H3. The number of nitrogens with two attached hydrogens (primary N) is 2. The van der Waals surface area contributed by atoms with Gasteiger partial charge in [-0.1, -0.05) is 25.4 Å². The van der Waals surface area contributed by atoms with Crippen molar-refractivity contribution >= 4 is 28.7 Å². The van der Waals surface area contributed by atoms with Crippen LogP contribution in [0.1, 0.15) is 13.8 Å². The number of nitrogens with zero attached hydrogens (tertiary/aromatic N) is 2. The number of rotatable bonds is 6. The fourth-order valence-electron chi connectivity index (χ4n) is 2.03. The summed E-state index contributed by atoms with van der Waals surface area (Å²) in [6, 6.07) is 1.52. The zero-order valence-corrected chi connectivity index (χ0v) is 13.3. The van der Waals surface area contributed by atoms with Gasteiger partial charge in [-0.25, -0.2) is 4.39 Å². The van der Waals surface area contributed by atoms with E-state index in [1.165, 1.54) is 6.07 Å². The van der Waals surface area contributed by atoms with Crippen LogP contribution in [0.5, 0.6) is 0 Å². The molecule has 0 atom stereocenters. The number of nitrogen functional groups attached to an aromatic ring is 2. The number of hydrogen-bond donors (Lipinski definition) is 2. The Kier molecular flexibility index (Phi) is 5.89. The molecule has 0 aliphatic heterocycles. The summed E-state index contributed by atoms with van der Waals surface area (Å²) in [7, 11) is 3.95. The van der Waals surface area contributed by atoms with Gasteiger partial charge in [0.2, 0.25) is 0 Å². The molecule has 6 heteroatoms. The van der Waals surface area contributed by atoms with Crippen LogP contribution in [0.3, 0.4) is 0 Å². The average Bonchev–Trinajstić information content (AvgIpc) is 2.32. The van der Waals surface area contributed by atoms with E-state index in [2.05, 4.69) is 13.8 Å². The van der Waals surface area contributed by atoms with Crippen LogP contribution in [0.4, 0.5) is 21.5 Å². The minimum absolute atomic E-state index is 0.0622. The minimum atomic E-state index is -0.538. The van der Waals surface area contributed by atoms with Crippen molar-refractivity contribution in [1.29, 1.82) is 0 Å². The smallest absolute Gasteiger partial charge is 0.169 e. The van der Waals surface area contributed by atoms with E-state index in [-0.39, 0.29) is 10.7 Å². The lowest BCUT2D eigenvalue weighted by atomic mass is 10.1. The molecule has 4 N–H and O–H groups in total. The summed E-state index contributed by atoms with van der Waals surface area (Å²) in [6.45, 7) is 6.33. The highest BCUT2D eigenvalue weighted by atomic mass is 35.5. The average molecular weight is 303 g/mol. The van der Waals surface area contributed by atoms with Crippen LogP contribution in [-0.2, 0) is 0 Å². The predicted octanol–water partition coefficient (Wildman–Crippen LogP) is 2.67. The van der Waals surface area contributed by atoms with Gasteiger partial charge in [0.25, 0.3) is 0 Å². The number of hydrogen-bond acceptors (Lipinski definition) is 4. The van der Waals surface area contributed by atoms with Crippen LogP contribution < -0.4 is 16.4 Å². The third-order valence-corrected chi connectivity index (χ3v) is 3.34. The first-order chi connectivity index (χ1) is 9.23. The molecule has 0 fully saturated rings. The highest BCUT2D eigenvalue weighted by Gasteiger charge is 2.20. The molecule has 4 nitrogen and oxygen atoms in total. The van der Waals surface area contributed by atoms with Crippen molar-refractivity contribution in [2.45, 2.75) is 13.8 Å². The molecule has 0 spiro atoms. The van der Waals surface area contributed by atoms with E-state index in [1.807, 2.05) is 23.9 Å². The summed E-state index contributed by atoms with van der Waals surface area (Å²) < 4.78 is 14.4. The number of anilines is 3. The van der Waals surface area contributed by atoms with Gasteiger partial charge in [0.05, 0.1) is 17.1 Å². The molecule has 0 bridgehead atoms. The number of halogens is 2. The van der Waals surface area contributed by atoms with Gasteiger partial charge in [0, 0.05) is 19.6 Å². The Bertz CT molecular complexity index is 463. The van der Waals surface area contributed by atoms with E-state index in [0.29, 0.717) is 30.4 Å². The van der Waals surface area contributed by atoms with E-state index < -0.39 is 5.82 Å². The predicted molar refractivity (Wildman–Crippen MR) is 85.8 cm³/mol. The summed E-state index contributed by atoms with van der Waals surface area (Å²) in [5.74, 6) is -0.157. The number of benzene rings is 1. The van der Waals surface area contributed by atoms with Gasteiger partial charge in [-0.05, 0) is 26.1 Å². The minimum Gasteiger partial charge on any atom is -0.397 e. The third-order valence-electron chi connectivity index (χ3n) is 2.96. The molecular weight excluding hydrogens is 279 g/mol. The van der Waals surface area contributed by atoms with Crippen molar-refractivity contribution in [3.8, 4) is 0 Å². The van der Waals surface area contributed by atoms with Gasteiger partial charge in [-0.15, -0.1) is 0 Å². The Hall–Kier alpha value is -1.20. The van der Waals surface area contributed by atoms with Crippen LogP contribution in [-0.4, -0.2) is 38.6 Å². The Morgan fingerprint density at radius 2 is 1.80 bits per heavy atom. The number of likely N-dealkylation sites (N-methyl/N-ethyl adjacent to an activating group) is 1. The molecule has 20 heavy (non-hydrogen) atoms. The van der Waals surface area contributed by atoms with Crippen molar-refractivity contribution < 1.29 is 4.39 Å². The highest BCUT2D eigenvalue weighted by molar-refractivity contribution is 6.33. The Labute approximate surface area is 125 Å². The van der Waals surface area contributed by atoms with E-state index >= 15 is 0 Å². The fraction of sp³-hybridized carbons (Fsp3) is 0.571. The Morgan fingerprint density at radius 3 is 2.30 bits per heavy atom. The first-order valence-electron chi connectivity index (χ1n) is 6.66. The van der Waals surface area contributed by atoms with Gasteiger partial charge < -0.3 is 21.3 Å². The third kappa shape index (κ3) is 4.15. The lowest BCUT2D eigenvalue weighted by molar-refractivity contribution is 0.408. The van der Waals surface area contributed by atoms with E-state index in [9.17, 15) is 4.39 Å². The Balaban J connectivity index is 3.15. The lowest BCUT2D eigenvalue weighted by Crippen LogP contribution is -2.35. The maximum Gasteiger partial charge on any atom is 0.169 e. The summed E-state index contributed by atoms with van der Waals surface area (Å²) >= 11 is 5.91. The van der Waals surface area contributed by atoms with Crippen LogP contribution in [0, 0.1) is 11.7 Å². The summed E-state index contributed by atoms with van der Waals surface area (Å²) in [6.07, 6.45) is 0. The van der Waals surface area contributed by atoms with E-state index in [0.717, 1.165) is 6.54 Å². The second-order valence-electron chi connectivity index (χ2n) is 5.67. The molecule has 0 radical (unpaired) electrons. The summed E-state index contributed by atoms with van der Waals surface area (Å²) in [5.41, 5.74) is 12.4. The quantitative estimate of drug-likeness (QED) is 0.793. The van der Waals surface area contributed by atoms with Crippen LogP contribution >= 0.6 is 11.6 Å². The van der Waals surface area contributed by atoms with Crippen LogP contribution in [0.25, 0.3) is 0 Å². The van der Waals surface area contributed by atoms with Gasteiger partial charge >= 0.3 is 0 Å². The Morgan fingerprint density at radius 1 is 1.20 bits per heavy atom. The van der Waals surface area contributed by atoms with Crippen molar-refractivity contribution in [1.82, 2.24) is 4.90 Å². The molecule has 0 saturated heterocycles. The zero-order valence-electron chi connectivity index (χ0n) is 12.6. The second kappa shape index (κ2) is 6.99. The molecule has 0 aliphatic carbocycles. The molecule has 1 aromatic rings. The van der Waals surface area contributed by atoms with Crippen molar-refractivity contribution in [2.75, 3.05) is 50.1 Å². The normalized spacial score (nSPS) is 11.4. The van der Waals surface area contributed by atoms with Crippen LogP contribution in [0.15, 0.2) is 6.07 Å². The first kappa shape index (κ1) is 16.9. The molecule has 0 saturated carbocycles. The van der Waals surface area contributed by atoms with Crippen LogP contribution in [0.2, 0.25) is 5.02 Å². The maximum atomic E-state index is 14.4. The van der Waals surface area contributed by atoms with Gasteiger partial charge in [-0.2, -0.15) is 0 Å². The van der Waals surface area contributed by atoms with Crippen molar-refractivity contribution in [3.05, 3.63) is 16.9 Å². The molecular formula is C14H24ClFN4. The zero-order chi connectivity index (χ0) is 15.4. The SMILES string of the molecule is CC(C)CN(CCN(C)C)c1c(N)cc(N)c(Cl)c1F. The van der Waals surface area contributed by atoms with Crippen molar-refractivity contribution in [2.24, 2.45) is 5.92 Å². The molecule has 0 unspecified atom stereocenters. The topological polar surface area (TPSA) is 58.5 Å². The summed E-state index contributed by atoms with van der Waals surface area (Å²) in [4.78, 5) is 3.97. The van der Waals surface area contributed by atoms with E-state index in [1.54, 1.807) is 0 Å². The van der Waals surface area contributed by atoms with Gasteiger partial charge in [0.1, 0.15) is 5.02 Å². The summed E-state index contributed by atoms with van der Waals surface area (Å²) in [5, 5.41) is -0.0622. The second-order valence-corrected chi connectivity index (χ2v) is 6.05. The molecule has 0 amide bonds. The largest absolute Gasteiger partial charge is 0.397 e. The van der Waals surface area contributed by atoms with E-state index in [4.69, 9.17) is 23.1 Å². The molecule has 0 heterocycles. The monoisotopic (exact) mass is 302 g/mol. The highest BCUT2D eigenvalue weighted by Crippen LogP contribution is 2.36. The van der Waals surface area contributed by atoms with Gasteiger partial charge in [0.15, 0.2) is 5.82 Å². The first-order valence-corrected chi connectivity index (χ1v) is 7.04. The molecule has 1 rings (SSSR count). The maximum absolute atomic E-state index is 14.4. The fourth-order valence-corrected chi connectivity index (χ4v) is 2.18. The molecule has 0 aromatic heterocycles. The molecule has 114 valence electrons. The van der Waals surface area contributed by atoms with Crippen molar-refractivity contribution in [3.63, 3.8) is 0 Å². The molecule has 0 aliphatic rings. The van der Waals surface area contributed by atoms with Gasteiger partial charge in [-0.3, -0.25) is 0 Å².